The highest BCUT2D eigenvalue weighted by molar-refractivity contribution is 5.59. The van der Waals surface area contributed by atoms with Gasteiger partial charge in [-0.3, -0.25) is 0 Å². The molecule has 0 rings (SSSR count). The first-order valence-corrected chi connectivity index (χ1v) is 6.97. The minimum atomic E-state index is -0.659. The van der Waals surface area contributed by atoms with E-state index in [2.05, 4.69) is 11.7 Å². The van der Waals surface area contributed by atoms with Gasteiger partial charge in [-0.2, -0.15) is 5.26 Å². The summed E-state index contributed by atoms with van der Waals surface area (Å²) in [6.07, 6.45) is 9.27. The van der Waals surface area contributed by atoms with E-state index in [1.54, 1.807) is 0 Å². The van der Waals surface area contributed by atoms with Gasteiger partial charge in [-0.15, -0.1) is 0 Å². The first-order chi connectivity index (χ1) is 8.81. The van der Waals surface area contributed by atoms with Crippen LogP contribution in [0.15, 0.2) is 0 Å². The van der Waals surface area contributed by atoms with Crippen molar-refractivity contribution in [1.82, 2.24) is 0 Å². The third-order valence-electron chi connectivity index (χ3n) is 2.65. The molecule has 0 atom stereocenters. The Morgan fingerprint density at radius 1 is 0.944 bits per heavy atom. The number of carbonyl (C=O) groups excluding carboxylic acids is 1. The van der Waals surface area contributed by atoms with E-state index in [1.165, 1.54) is 38.5 Å². The first-order valence-electron chi connectivity index (χ1n) is 6.97. The molecule has 0 unspecified atom stereocenters. The standard InChI is InChI=1S/C14H25NO3/c1-2-3-4-5-6-7-8-9-12-17-14(16)18-13-10-11-15/h2-10,12-13H2,1H3. The molecule has 0 spiro atoms. The van der Waals surface area contributed by atoms with Crippen LogP contribution >= 0.6 is 0 Å². The van der Waals surface area contributed by atoms with Crippen molar-refractivity contribution in [3.63, 3.8) is 0 Å². The van der Waals surface area contributed by atoms with Gasteiger partial charge in [0.1, 0.15) is 6.61 Å². The zero-order valence-electron chi connectivity index (χ0n) is 11.5. The lowest BCUT2D eigenvalue weighted by Gasteiger charge is -2.04. The highest BCUT2D eigenvalue weighted by atomic mass is 16.7. The Morgan fingerprint density at radius 3 is 2.11 bits per heavy atom. The van der Waals surface area contributed by atoms with Crippen molar-refractivity contribution < 1.29 is 14.3 Å². The molecule has 18 heavy (non-hydrogen) atoms. The van der Waals surface area contributed by atoms with E-state index in [4.69, 9.17) is 10.00 Å². The quantitative estimate of drug-likeness (QED) is 0.410. The van der Waals surface area contributed by atoms with Crippen molar-refractivity contribution >= 4 is 6.16 Å². The van der Waals surface area contributed by atoms with E-state index >= 15 is 0 Å². The lowest BCUT2D eigenvalue weighted by atomic mass is 10.1. The number of unbranched alkanes of at least 4 members (excludes halogenated alkanes) is 7. The Labute approximate surface area is 110 Å². The van der Waals surface area contributed by atoms with Crippen LogP contribution in [0.1, 0.15) is 64.7 Å². The van der Waals surface area contributed by atoms with Crippen LogP contribution in [-0.4, -0.2) is 19.4 Å². The minimum Gasteiger partial charge on any atom is -0.434 e. The molecule has 0 N–H and O–H groups in total. The molecule has 0 aromatic rings. The average Bonchev–Trinajstić information content (AvgIpc) is 2.37. The van der Waals surface area contributed by atoms with Gasteiger partial charge in [-0.25, -0.2) is 4.79 Å². The summed E-state index contributed by atoms with van der Waals surface area (Å²) in [5, 5.41) is 8.25. The molecule has 4 heteroatoms. The predicted octanol–water partition coefficient (Wildman–Crippen LogP) is 4.19. The Bertz CT molecular complexity index is 236. The van der Waals surface area contributed by atoms with Crippen molar-refractivity contribution in [1.29, 1.82) is 5.26 Å². The summed E-state index contributed by atoms with van der Waals surface area (Å²) in [5.74, 6) is 0. The van der Waals surface area contributed by atoms with Gasteiger partial charge in [0.2, 0.25) is 0 Å². The zero-order chi connectivity index (χ0) is 13.5. The van der Waals surface area contributed by atoms with Gasteiger partial charge in [-0.1, -0.05) is 51.9 Å². The molecule has 104 valence electrons. The highest BCUT2D eigenvalue weighted by Gasteiger charge is 2.02. The van der Waals surface area contributed by atoms with Gasteiger partial charge >= 0.3 is 6.16 Å². The summed E-state index contributed by atoms with van der Waals surface area (Å²) < 4.78 is 9.53. The van der Waals surface area contributed by atoms with Crippen molar-refractivity contribution in [2.45, 2.75) is 64.7 Å². The predicted molar refractivity (Wildman–Crippen MR) is 70.1 cm³/mol. The monoisotopic (exact) mass is 255 g/mol. The Hall–Kier alpha value is -1.24. The second-order valence-electron chi connectivity index (χ2n) is 4.33. The Kier molecular flexibility index (Phi) is 12.9. The third-order valence-corrected chi connectivity index (χ3v) is 2.65. The smallest absolute Gasteiger partial charge is 0.434 e. The molecule has 0 heterocycles. The second kappa shape index (κ2) is 13.8. The van der Waals surface area contributed by atoms with E-state index < -0.39 is 6.16 Å². The molecule has 0 bridgehead atoms. The maximum atomic E-state index is 11.0. The third kappa shape index (κ3) is 12.8. The van der Waals surface area contributed by atoms with Crippen LogP contribution in [-0.2, 0) is 9.47 Å². The summed E-state index contributed by atoms with van der Waals surface area (Å²) in [6, 6.07) is 1.90. The molecule has 0 radical (unpaired) electrons. The first kappa shape index (κ1) is 16.8. The van der Waals surface area contributed by atoms with Crippen LogP contribution in [0.2, 0.25) is 0 Å². The maximum absolute atomic E-state index is 11.0. The van der Waals surface area contributed by atoms with Gasteiger partial charge in [0.15, 0.2) is 0 Å². The Morgan fingerprint density at radius 2 is 1.50 bits per heavy atom. The molecule has 0 aromatic carbocycles. The van der Waals surface area contributed by atoms with Crippen LogP contribution in [0.3, 0.4) is 0 Å². The SMILES string of the molecule is CCCCCCCCCCOC(=O)OCCC#N. The average molecular weight is 255 g/mol. The van der Waals surface area contributed by atoms with Gasteiger partial charge in [0.25, 0.3) is 0 Å². The normalized spacial score (nSPS) is 9.78. The number of hydrogen-bond donors (Lipinski definition) is 0. The van der Waals surface area contributed by atoms with E-state index in [0.717, 1.165) is 12.8 Å². The van der Waals surface area contributed by atoms with Crippen molar-refractivity contribution in [3.05, 3.63) is 0 Å². The number of nitriles is 1. The molecule has 0 aliphatic heterocycles. The van der Waals surface area contributed by atoms with E-state index in [0.29, 0.717) is 6.61 Å². The maximum Gasteiger partial charge on any atom is 0.508 e. The van der Waals surface area contributed by atoms with Crippen molar-refractivity contribution in [3.8, 4) is 6.07 Å². The number of hydrogen-bond acceptors (Lipinski definition) is 4. The van der Waals surface area contributed by atoms with E-state index in [9.17, 15) is 4.79 Å². The molecular weight excluding hydrogens is 230 g/mol. The second-order valence-corrected chi connectivity index (χ2v) is 4.33. The molecule has 0 fully saturated rings. The van der Waals surface area contributed by atoms with Gasteiger partial charge < -0.3 is 9.47 Å². The number of rotatable bonds is 11. The number of nitrogens with zero attached hydrogens (tertiary/aromatic N) is 1. The molecule has 0 aliphatic carbocycles. The molecule has 0 aromatic heterocycles. The number of carbonyl (C=O) groups is 1. The van der Waals surface area contributed by atoms with E-state index in [-0.39, 0.29) is 13.0 Å². The van der Waals surface area contributed by atoms with Crippen LogP contribution in [0.4, 0.5) is 4.79 Å². The van der Waals surface area contributed by atoms with Crippen LogP contribution < -0.4 is 0 Å². The minimum absolute atomic E-state index is 0.118. The Balaban J connectivity index is 3.10. The fourth-order valence-corrected chi connectivity index (χ4v) is 1.61. The van der Waals surface area contributed by atoms with Gasteiger partial charge in [0.05, 0.1) is 19.1 Å². The summed E-state index contributed by atoms with van der Waals surface area (Å²) in [6.45, 7) is 2.75. The largest absolute Gasteiger partial charge is 0.508 e. The summed E-state index contributed by atoms with van der Waals surface area (Å²) in [7, 11) is 0. The lowest BCUT2D eigenvalue weighted by Crippen LogP contribution is -2.09. The van der Waals surface area contributed by atoms with Crippen LogP contribution in [0.25, 0.3) is 0 Å². The molecule has 0 saturated carbocycles. The van der Waals surface area contributed by atoms with Gasteiger partial charge in [-0.05, 0) is 6.42 Å². The zero-order valence-corrected chi connectivity index (χ0v) is 11.5. The summed E-state index contributed by atoms with van der Waals surface area (Å²) in [5.41, 5.74) is 0. The van der Waals surface area contributed by atoms with E-state index in [1.807, 2.05) is 6.07 Å². The topological polar surface area (TPSA) is 59.3 Å². The van der Waals surface area contributed by atoms with Crippen LogP contribution in [0, 0.1) is 11.3 Å². The summed E-state index contributed by atoms with van der Waals surface area (Å²) in [4.78, 5) is 11.0. The highest BCUT2D eigenvalue weighted by Crippen LogP contribution is 2.08. The fraction of sp³-hybridized carbons (Fsp3) is 0.857. The van der Waals surface area contributed by atoms with Crippen molar-refractivity contribution in [2.24, 2.45) is 0 Å². The van der Waals surface area contributed by atoms with Gasteiger partial charge in [0, 0.05) is 0 Å². The molecule has 0 aliphatic rings. The van der Waals surface area contributed by atoms with Crippen LogP contribution in [0.5, 0.6) is 0 Å². The molecule has 4 nitrogen and oxygen atoms in total. The summed E-state index contributed by atoms with van der Waals surface area (Å²) >= 11 is 0. The fourth-order valence-electron chi connectivity index (χ4n) is 1.61. The molecule has 0 saturated heterocycles. The number of ether oxygens (including phenoxy) is 2. The molecule has 0 amide bonds. The lowest BCUT2D eigenvalue weighted by molar-refractivity contribution is 0.0556. The van der Waals surface area contributed by atoms with Crippen molar-refractivity contribution in [2.75, 3.05) is 13.2 Å². The molecular formula is C14H25NO3.